The quantitative estimate of drug-likeness (QED) is 0.196. The summed E-state index contributed by atoms with van der Waals surface area (Å²) < 4.78 is 0. The molecule has 0 aliphatic carbocycles. The van der Waals surface area contributed by atoms with Crippen LogP contribution in [0.5, 0.6) is 0 Å². The van der Waals surface area contributed by atoms with Crippen LogP contribution in [0, 0.1) is 0 Å². The van der Waals surface area contributed by atoms with Crippen LogP contribution >= 0.6 is 0 Å². The lowest BCUT2D eigenvalue weighted by Gasteiger charge is -2.20. The van der Waals surface area contributed by atoms with Gasteiger partial charge in [0.2, 0.25) is 5.91 Å². The lowest BCUT2D eigenvalue weighted by Crippen LogP contribution is -2.42. The second kappa shape index (κ2) is 18.0. The number of allylic oxidation sites excluding steroid dienone is 2. The molecule has 0 saturated carbocycles. The van der Waals surface area contributed by atoms with Gasteiger partial charge in [-0.2, -0.15) is 0 Å². The monoisotopic (exact) mass is 352 g/mol. The molecular weight excluding hydrogens is 308 g/mol. The number of unbranched alkanes of at least 4 members (excludes halogenated alkanes) is 11. The van der Waals surface area contributed by atoms with Crippen molar-refractivity contribution in [1.82, 2.24) is 10.2 Å². The fraction of sp³-hybridized carbons (Fsp3) is 0.864. The van der Waals surface area contributed by atoms with E-state index in [4.69, 9.17) is 0 Å². The van der Waals surface area contributed by atoms with Crippen molar-refractivity contribution in [3.63, 3.8) is 0 Å². The molecule has 0 aromatic carbocycles. The van der Waals surface area contributed by atoms with Gasteiger partial charge in [0.15, 0.2) is 0 Å². The maximum absolute atomic E-state index is 11.7. The molecule has 0 spiro atoms. The minimum Gasteiger partial charge on any atom is -0.341 e. The first-order valence-electron chi connectivity index (χ1n) is 10.7. The zero-order valence-corrected chi connectivity index (χ0v) is 17.5. The highest BCUT2D eigenvalue weighted by molar-refractivity contribution is 5.76. The first-order chi connectivity index (χ1) is 12.1. The smallest absolute Gasteiger partial charge is 0.221 e. The molecule has 0 aliphatic rings. The van der Waals surface area contributed by atoms with E-state index in [0.717, 1.165) is 6.42 Å². The highest BCUT2D eigenvalue weighted by atomic mass is 16.1. The van der Waals surface area contributed by atoms with Gasteiger partial charge in [0.05, 0.1) is 6.17 Å². The van der Waals surface area contributed by atoms with Crippen molar-refractivity contribution in [3.8, 4) is 0 Å². The van der Waals surface area contributed by atoms with E-state index in [-0.39, 0.29) is 12.1 Å². The van der Waals surface area contributed by atoms with Gasteiger partial charge in [-0.25, -0.2) is 0 Å². The predicted octanol–water partition coefficient (Wildman–Crippen LogP) is 6.05. The van der Waals surface area contributed by atoms with Crippen molar-refractivity contribution in [2.45, 2.75) is 110 Å². The van der Waals surface area contributed by atoms with Crippen LogP contribution in [0.3, 0.4) is 0 Å². The molecule has 0 bridgehead atoms. The summed E-state index contributed by atoms with van der Waals surface area (Å²) >= 11 is 0. The van der Waals surface area contributed by atoms with E-state index in [1.54, 1.807) is 0 Å². The van der Waals surface area contributed by atoms with Crippen LogP contribution in [0.4, 0.5) is 0 Å². The Morgan fingerprint density at radius 1 is 0.840 bits per heavy atom. The summed E-state index contributed by atoms with van der Waals surface area (Å²) in [5, 5.41) is 3.01. The number of hydrogen-bond donors (Lipinski definition) is 1. The van der Waals surface area contributed by atoms with E-state index in [0.29, 0.717) is 6.42 Å². The second-order valence-corrected chi connectivity index (χ2v) is 7.54. The Labute approximate surface area is 157 Å². The van der Waals surface area contributed by atoms with Gasteiger partial charge in [0.25, 0.3) is 0 Å². The molecule has 0 saturated heterocycles. The summed E-state index contributed by atoms with van der Waals surface area (Å²) in [6.07, 6.45) is 22.3. The highest BCUT2D eigenvalue weighted by Crippen LogP contribution is 2.10. The minimum absolute atomic E-state index is 0.121. The second-order valence-electron chi connectivity index (χ2n) is 7.54. The molecule has 1 atom stereocenters. The lowest BCUT2D eigenvalue weighted by atomic mass is 10.1. The van der Waals surface area contributed by atoms with Gasteiger partial charge >= 0.3 is 0 Å². The summed E-state index contributed by atoms with van der Waals surface area (Å²) in [6.45, 7) is 4.28. The third kappa shape index (κ3) is 17.8. The van der Waals surface area contributed by atoms with E-state index >= 15 is 0 Å². The van der Waals surface area contributed by atoms with Crippen molar-refractivity contribution < 1.29 is 4.79 Å². The molecule has 3 heteroatoms. The molecule has 0 aromatic heterocycles. The van der Waals surface area contributed by atoms with Crippen LogP contribution in [-0.4, -0.2) is 31.1 Å². The number of carbonyl (C=O) groups excluding carboxylic acids is 1. The fourth-order valence-electron chi connectivity index (χ4n) is 2.79. The molecule has 0 heterocycles. The molecule has 0 aliphatic heterocycles. The van der Waals surface area contributed by atoms with Gasteiger partial charge in [-0.15, -0.1) is 0 Å². The summed E-state index contributed by atoms with van der Waals surface area (Å²) in [7, 11) is 3.96. The maximum atomic E-state index is 11.7. The van der Waals surface area contributed by atoms with E-state index in [1.807, 2.05) is 25.9 Å². The van der Waals surface area contributed by atoms with Gasteiger partial charge in [-0.3, -0.25) is 9.69 Å². The number of amides is 1. The SMILES string of the molecule is CCCCCCCC/C=C\CCCCCCCC(=O)NC(C)N(C)C. The lowest BCUT2D eigenvalue weighted by molar-refractivity contribution is -0.122. The van der Waals surface area contributed by atoms with Crippen molar-refractivity contribution in [2.75, 3.05) is 14.1 Å². The van der Waals surface area contributed by atoms with Crippen LogP contribution in [0.1, 0.15) is 104 Å². The van der Waals surface area contributed by atoms with Crippen molar-refractivity contribution >= 4 is 5.91 Å². The highest BCUT2D eigenvalue weighted by Gasteiger charge is 2.07. The molecule has 1 amide bonds. The molecule has 0 fully saturated rings. The van der Waals surface area contributed by atoms with E-state index in [1.165, 1.54) is 77.0 Å². The summed E-state index contributed by atoms with van der Waals surface area (Å²) in [4.78, 5) is 13.8. The first kappa shape index (κ1) is 24.2. The Morgan fingerprint density at radius 2 is 1.32 bits per heavy atom. The van der Waals surface area contributed by atoms with E-state index in [9.17, 15) is 4.79 Å². The number of rotatable bonds is 17. The number of nitrogens with one attached hydrogen (secondary N) is 1. The molecule has 1 N–H and O–H groups in total. The number of hydrogen-bond acceptors (Lipinski definition) is 2. The molecule has 0 aromatic rings. The molecule has 3 nitrogen and oxygen atoms in total. The normalized spacial score (nSPS) is 12.8. The maximum Gasteiger partial charge on any atom is 0.221 e. The van der Waals surface area contributed by atoms with Gasteiger partial charge < -0.3 is 5.32 Å². The third-order valence-electron chi connectivity index (χ3n) is 4.81. The van der Waals surface area contributed by atoms with Gasteiger partial charge in [-0.05, 0) is 53.1 Å². The van der Waals surface area contributed by atoms with E-state index < -0.39 is 0 Å². The molecule has 1 unspecified atom stereocenters. The average molecular weight is 353 g/mol. The van der Waals surface area contributed by atoms with Crippen LogP contribution in [0.15, 0.2) is 12.2 Å². The Hall–Kier alpha value is -0.830. The Bertz CT molecular complexity index is 326. The zero-order chi connectivity index (χ0) is 18.8. The van der Waals surface area contributed by atoms with Crippen molar-refractivity contribution in [1.29, 1.82) is 0 Å². The largest absolute Gasteiger partial charge is 0.341 e. The molecule has 148 valence electrons. The van der Waals surface area contributed by atoms with Gasteiger partial charge in [0.1, 0.15) is 0 Å². The van der Waals surface area contributed by atoms with Crippen molar-refractivity contribution in [3.05, 3.63) is 12.2 Å². The van der Waals surface area contributed by atoms with Crippen LogP contribution in [-0.2, 0) is 4.79 Å². The van der Waals surface area contributed by atoms with E-state index in [2.05, 4.69) is 24.4 Å². The molecule has 0 radical (unpaired) electrons. The third-order valence-corrected chi connectivity index (χ3v) is 4.81. The van der Waals surface area contributed by atoms with Gasteiger partial charge in [-0.1, -0.05) is 70.4 Å². The summed E-state index contributed by atoms with van der Waals surface area (Å²) in [5.74, 6) is 0.179. The standard InChI is InChI=1S/C22H44N2O/c1-5-6-7-8-9-10-11-12-13-14-15-16-17-18-19-20-22(25)23-21(2)24(3)4/h12-13,21H,5-11,14-20H2,1-4H3,(H,23,25)/b13-12-. The zero-order valence-electron chi connectivity index (χ0n) is 17.5. The van der Waals surface area contributed by atoms with Crippen molar-refractivity contribution in [2.24, 2.45) is 0 Å². The molecule has 25 heavy (non-hydrogen) atoms. The summed E-state index contributed by atoms with van der Waals surface area (Å²) in [5.41, 5.74) is 0. The summed E-state index contributed by atoms with van der Waals surface area (Å²) in [6, 6.07) is 0. The Kier molecular flexibility index (Phi) is 17.4. The topological polar surface area (TPSA) is 32.3 Å². The van der Waals surface area contributed by atoms with Crippen LogP contribution in [0.2, 0.25) is 0 Å². The number of carbonyl (C=O) groups is 1. The first-order valence-corrected chi connectivity index (χ1v) is 10.7. The Morgan fingerprint density at radius 3 is 1.84 bits per heavy atom. The van der Waals surface area contributed by atoms with Crippen LogP contribution in [0.25, 0.3) is 0 Å². The van der Waals surface area contributed by atoms with Crippen LogP contribution < -0.4 is 5.32 Å². The molecule has 0 rings (SSSR count). The van der Waals surface area contributed by atoms with Gasteiger partial charge in [0, 0.05) is 6.42 Å². The Balaban J connectivity index is 3.28. The average Bonchev–Trinajstić information content (AvgIpc) is 2.58. The fourth-order valence-corrected chi connectivity index (χ4v) is 2.79. The predicted molar refractivity (Wildman–Crippen MR) is 111 cm³/mol. The molecular formula is C22H44N2O. The minimum atomic E-state index is 0.121. The number of nitrogens with zero attached hydrogens (tertiary/aromatic N) is 1.